The molecule has 4 nitrogen and oxygen atoms in total. The van der Waals surface area contributed by atoms with E-state index in [1.807, 2.05) is 13.3 Å². The molecule has 0 bridgehead atoms. The number of hydrogen-bond donors (Lipinski definition) is 0. The van der Waals surface area contributed by atoms with Gasteiger partial charge in [-0.25, -0.2) is 0 Å². The number of nitrogens with zero attached hydrogens (tertiary/aromatic N) is 2. The molecule has 0 aromatic carbocycles. The molecule has 0 radical (unpaired) electrons. The first-order chi connectivity index (χ1) is 4.10. The molecule has 0 aromatic heterocycles. The van der Waals surface area contributed by atoms with Gasteiger partial charge in [-0.3, -0.25) is 10.1 Å². The highest BCUT2D eigenvalue weighted by Gasteiger charge is 2.62. The highest BCUT2D eigenvalue weighted by molar-refractivity contribution is 7.93. The molecule has 1 rings (SSSR count). The topological polar surface area (TPSA) is 43.1 Å². The Kier molecular flexibility index (Phi) is 1.40. The van der Waals surface area contributed by atoms with Crippen LogP contribution in [0.2, 0.25) is 0 Å². The number of hydrogen-bond acceptors (Lipinski definition) is 3. The van der Waals surface area contributed by atoms with Crippen LogP contribution in [0, 0.1) is 10.1 Å². The normalized spacial score (nSPS) is 40.4. The van der Waals surface area contributed by atoms with Crippen molar-refractivity contribution in [3.8, 4) is 0 Å². The van der Waals surface area contributed by atoms with E-state index in [0.29, 0.717) is 10.4 Å². The number of nitro groups is 1. The molecule has 0 spiro atoms. The Labute approximate surface area is 57.7 Å². The third kappa shape index (κ3) is 1.02. The lowest BCUT2D eigenvalue weighted by molar-refractivity contribution is -0.746. The summed E-state index contributed by atoms with van der Waals surface area (Å²) in [6.45, 7) is 0.675. The predicted octanol–water partition coefficient (Wildman–Crippen LogP) is 0.327. The van der Waals surface area contributed by atoms with Crippen molar-refractivity contribution in [2.24, 2.45) is 0 Å². The fourth-order valence-electron chi connectivity index (χ4n) is 0.739. The lowest BCUT2D eigenvalue weighted by atomic mass is 10.8. The molecular weight excluding hydrogens is 140 g/mol. The van der Waals surface area contributed by atoms with E-state index in [2.05, 4.69) is 0 Å². The average Bonchev–Trinajstić information content (AvgIpc) is 2.44. The van der Waals surface area contributed by atoms with Crippen LogP contribution in [0.4, 0.5) is 0 Å². The monoisotopic (exact) mass is 149 g/mol. The maximum atomic E-state index is 10.1. The van der Waals surface area contributed by atoms with Gasteiger partial charge < -0.3 is 0 Å². The maximum Gasteiger partial charge on any atom is 0.396 e. The summed E-state index contributed by atoms with van der Waals surface area (Å²) in [7, 11) is 1.87. The van der Waals surface area contributed by atoms with E-state index in [-0.39, 0.29) is 11.1 Å². The molecule has 1 aliphatic heterocycles. The summed E-state index contributed by atoms with van der Waals surface area (Å²) in [5.41, 5.74) is 0. The first-order valence-corrected chi connectivity index (χ1v) is 3.83. The third-order valence-electron chi connectivity index (χ3n) is 1.68. The maximum absolute atomic E-state index is 10.1. The molecule has 52 valence electrons. The fraction of sp³-hybridized carbons (Fsp3) is 1.00. The lowest BCUT2D eigenvalue weighted by Gasteiger charge is -2.01. The van der Waals surface area contributed by atoms with E-state index in [1.54, 1.807) is 0 Å². The minimum absolute atomic E-state index is 0.212. The summed E-state index contributed by atoms with van der Waals surface area (Å²) in [4.78, 5) is 9.90. The summed E-state index contributed by atoms with van der Waals surface area (Å²) in [5, 5.41) is 10.1. The second kappa shape index (κ2) is 1.85. The minimum Gasteiger partial charge on any atom is -0.259 e. The van der Waals surface area contributed by atoms with Gasteiger partial charge in [-0.2, -0.15) is 3.89 Å². The van der Waals surface area contributed by atoms with Crippen molar-refractivity contribution in [3.63, 3.8) is 0 Å². The van der Waals surface area contributed by atoms with Gasteiger partial charge in [-0.05, 0) is 0 Å². The van der Waals surface area contributed by atoms with E-state index < -0.39 is 0 Å². The third-order valence-corrected chi connectivity index (χ3v) is 2.91. The van der Waals surface area contributed by atoms with Gasteiger partial charge in [0.2, 0.25) is 6.54 Å². The minimum atomic E-state index is -0.347. The van der Waals surface area contributed by atoms with Crippen LogP contribution in [0.1, 0.15) is 0 Å². The molecule has 1 fully saturated rings. The first kappa shape index (κ1) is 6.82. The van der Waals surface area contributed by atoms with Crippen LogP contribution in [0.3, 0.4) is 0 Å². The van der Waals surface area contributed by atoms with Gasteiger partial charge in [-0.15, -0.1) is 0 Å². The summed E-state index contributed by atoms with van der Waals surface area (Å²) in [6.07, 6.45) is 1.55. The van der Waals surface area contributed by atoms with Crippen LogP contribution in [-0.2, 0) is 0 Å². The molecule has 1 saturated heterocycles. The van der Waals surface area contributed by atoms with Gasteiger partial charge in [0.1, 0.15) is 0 Å². The van der Waals surface area contributed by atoms with E-state index in [4.69, 9.17) is 0 Å². The Balaban J connectivity index is 2.48. The predicted molar refractivity (Wildman–Crippen MR) is 35.3 cm³/mol. The van der Waals surface area contributed by atoms with Gasteiger partial charge in [-0.1, -0.05) is 0 Å². The summed E-state index contributed by atoms with van der Waals surface area (Å²) >= 11 is 1.53. The Morgan fingerprint density at radius 1 is 1.89 bits per heavy atom. The van der Waals surface area contributed by atoms with Crippen LogP contribution >= 0.6 is 11.9 Å². The zero-order valence-electron chi connectivity index (χ0n) is 5.40. The first-order valence-electron chi connectivity index (χ1n) is 2.64. The van der Waals surface area contributed by atoms with Crippen molar-refractivity contribution < 1.29 is 8.81 Å². The molecule has 1 heterocycles. The van der Waals surface area contributed by atoms with Gasteiger partial charge in [0.25, 0.3) is 0 Å². The highest BCUT2D eigenvalue weighted by Crippen LogP contribution is 2.36. The summed E-state index contributed by atoms with van der Waals surface area (Å²) in [6, 6.07) is 0. The van der Waals surface area contributed by atoms with Gasteiger partial charge in [0.15, 0.2) is 0 Å². The van der Waals surface area contributed by atoms with Gasteiger partial charge in [0.05, 0.1) is 23.9 Å². The summed E-state index contributed by atoms with van der Waals surface area (Å²) in [5.74, 6) is 0. The summed E-state index contributed by atoms with van der Waals surface area (Å²) < 4.78 is 0.535. The van der Waals surface area contributed by atoms with E-state index in [9.17, 15) is 10.1 Å². The van der Waals surface area contributed by atoms with Crippen molar-refractivity contribution in [1.29, 1.82) is 0 Å². The molecular formula is C4H9N2O2S+. The van der Waals surface area contributed by atoms with E-state index in [0.717, 1.165) is 0 Å². The number of rotatable bonds is 2. The second-order valence-electron chi connectivity index (χ2n) is 2.31. The second-order valence-corrected chi connectivity index (χ2v) is 3.50. The molecule has 0 aromatic rings. The highest BCUT2D eigenvalue weighted by atomic mass is 32.2. The largest absolute Gasteiger partial charge is 0.396 e. The molecule has 9 heavy (non-hydrogen) atoms. The van der Waals surface area contributed by atoms with Crippen LogP contribution in [-0.4, -0.2) is 34.8 Å². The van der Waals surface area contributed by atoms with Crippen LogP contribution in [0.25, 0.3) is 0 Å². The lowest BCUT2D eigenvalue weighted by Crippen LogP contribution is -2.18. The smallest absolute Gasteiger partial charge is 0.259 e. The Morgan fingerprint density at radius 3 is 2.56 bits per heavy atom. The quantitative estimate of drug-likeness (QED) is 0.187. The van der Waals surface area contributed by atoms with Crippen molar-refractivity contribution in [2.75, 3.05) is 19.8 Å². The Hall–Kier alpha value is -0.290. The van der Waals surface area contributed by atoms with Crippen LogP contribution in [0.5, 0.6) is 0 Å². The zero-order valence-corrected chi connectivity index (χ0v) is 6.22. The fourth-order valence-corrected chi connectivity index (χ4v) is 1.34. The van der Waals surface area contributed by atoms with Crippen LogP contribution < -0.4 is 0 Å². The molecule has 5 heteroatoms. The molecule has 0 saturated carbocycles. The zero-order chi connectivity index (χ0) is 7.07. The molecule has 0 amide bonds. The van der Waals surface area contributed by atoms with Crippen molar-refractivity contribution in [2.45, 2.75) is 6.17 Å². The van der Waals surface area contributed by atoms with Gasteiger partial charge in [0, 0.05) is 6.26 Å². The number of likely N-dealkylation sites (N-methyl/N-ethyl adjacent to an activating group) is 1. The van der Waals surface area contributed by atoms with Crippen molar-refractivity contribution in [3.05, 3.63) is 10.1 Å². The molecule has 0 aliphatic carbocycles. The molecule has 2 atom stereocenters. The van der Waals surface area contributed by atoms with E-state index in [1.165, 1.54) is 11.9 Å². The standard InChI is InChI=1S/C4H9N2O2S/c1-6(9-2)3-4(6)5(7)8/h4H,3H2,1-2H3/q+1. The average molecular weight is 149 g/mol. The van der Waals surface area contributed by atoms with Gasteiger partial charge >= 0.3 is 6.17 Å². The molecule has 1 aliphatic rings. The Morgan fingerprint density at radius 2 is 2.44 bits per heavy atom. The van der Waals surface area contributed by atoms with Crippen molar-refractivity contribution in [1.82, 2.24) is 0 Å². The van der Waals surface area contributed by atoms with E-state index >= 15 is 0 Å². The molecule has 2 unspecified atom stereocenters. The Bertz CT molecular complexity index is 152. The van der Waals surface area contributed by atoms with Crippen molar-refractivity contribution >= 4 is 11.9 Å². The molecule has 0 N–H and O–H groups in total. The SMILES string of the molecule is CS[N+]1(C)CC1[N+](=O)[O-]. The number of quaternary nitrogens is 1. The van der Waals surface area contributed by atoms with Crippen LogP contribution in [0.15, 0.2) is 0 Å².